The van der Waals surface area contributed by atoms with Crippen LogP contribution in [0, 0.1) is 6.92 Å². The molecule has 1 N–H and O–H groups in total. The third-order valence-corrected chi connectivity index (χ3v) is 6.66. The van der Waals surface area contributed by atoms with E-state index in [-0.39, 0.29) is 24.0 Å². The summed E-state index contributed by atoms with van der Waals surface area (Å²) in [6.07, 6.45) is 2.80. The van der Waals surface area contributed by atoms with Crippen LogP contribution in [0.5, 0.6) is 0 Å². The minimum absolute atomic E-state index is 0.0114. The Morgan fingerprint density at radius 1 is 1.27 bits per heavy atom. The second-order valence-corrected chi connectivity index (χ2v) is 9.52. The summed E-state index contributed by atoms with van der Waals surface area (Å²) < 4.78 is 51.5. The highest BCUT2D eigenvalue weighted by atomic mass is 35.5. The Balaban J connectivity index is 2.02. The van der Waals surface area contributed by atoms with Gasteiger partial charge in [-0.05, 0) is 43.5 Å². The van der Waals surface area contributed by atoms with E-state index in [0.717, 1.165) is 19.1 Å². The zero-order valence-electron chi connectivity index (χ0n) is 12.4. The van der Waals surface area contributed by atoms with Crippen LogP contribution in [0.4, 0.5) is 0 Å². The van der Waals surface area contributed by atoms with Crippen LogP contribution >= 0.6 is 11.6 Å². The van der Waals surface area contributed by atoms with E-state index in [1.807, 2.05) is 0 Å². The maximum absolute atomic E-state index is 12.2. The van der Waals surface area contributed by atoms with Gasteiger partial charge >= 0.3 is 0 Å². The molecule has 0 saturated heterocycles. The fourth-order valence-corrected chi connectivity index (χ4v) is 4.54. The molecule has 0 aliphatic heterocycles. The lowest BCUT2D eigenvalue weighted by molar-refractivity contribution is 0.410. The fourth-order valence-electron chi connectivity index (χ4n) is 2.14. The van der Waals surface area contributed by atoms with Crippen LogP contribution in [0.2, 0.25) is 5.02 Å². The van der Waals surface area contributed by atoms with Gasteiger partial charge in [0.1, 0.15) is 0 Å². The van der Waals surface area contributed by atoms with Crippen LogP contribution in [0.15, 0.2) is 23.1 Å². The van der Waals surface area contributed by atoms with Gasteiger partial charge in [-0.3, -0.25) is 0 Å². The summed E-state index contributed by atoms with van der Waals surface area (Å²) in [5.74, 6) is 0. The standard InChI is InChI=1S/C13H19ClN2O4S2/c1-10-9-12(5-6-13(10)14)22(19,20)15-7-8-16(11-3-4-11)21(2,17)18/h5-6,9,11,15H,3-4,7-8H2,1-2H3. The Kier molecular flexibility index (Phi) is 5.18. The lowest BCUT2D eigenvalue weighted by atomic mass is 10.2. The first-order valence-electron chi connectivity index (χ1n) is 6.84. The number of rotatable bonds is 7. The zero-order chi connectivity index (χ0) is 16.5. The van der Waals surface area contributed by atoms with Crippen LogP contribution in [0.1, 0.15) is 18.4 Å². The molecule has 0 aromatic heterocycles. The summed E-state index contributed by atoms with van der Waals surface area (Å²) in [4.78, 5) is 0.117. The van der Waals surface area contributed by atoms with Crippen molar-refractivity contribution in [3.8, 4) is 0 Å². The number of hydrogen-bond donors (Lipinski definition) is 1. The molecule has 0 unspecified atom stereocenters. The molecule has 6 nitrogen and oxygen atoms in total. The number of hydrogen-bond acceptors (Lipinski definition) is 4. The lowest BCUT2D eigenvalue weighted by Gasteiger charge is -2.19. The van der Waals surface area contributed by atoms with Gasteiger partial charge in [0.25, 0.3) is 0 Å². The second-order valence-electron chi connectivity index (χ2n) is 5.41. The molecule has 1 aliphatic rings. The van der Waals surface area contributed by atoms with Crippen LogP contribution in [0.3, 0.4) is 0 Å². The summed E-state index contributed by atoms with van der Waals surface area (Å²) in [5, 5.41) is 0.496. The molecule has 0 radical (unpaired) electrons. The molecule has 1 aromatic carbocycles. The van der Waals surface area contributed by atoms with Gasteiger partial charge in [0.15, 0.2) is 0 Å². The number of aryl methyl sites for hydroxylation is 1. The Morgan fingerprint density at radius 2 is 1.91 bits per heavy atom. The van der Waals surface area contributed by atoms with Crippen LogP contribution in [0.25, 0.3) is 0 Å². The summed E-state index contributed by atoms with van der Waals surface area (Å²) in [6, 6.07) is 4.45. The predicted molar refractivity (Wildman–Crippen MR) is 85.9 cm³/mol. The molecule has 9 heteroatoms. The minimum atomic E-state index is -3.68. The van der Waals surface area contributed by atoms with Gasteiger partial charge in [-0.2, -0.15) is 4.31 Å². The smallest absolute Gasteiger partial charge is 0.212 e. The SMILES string of the molecule is Cc1cc(S(=O)(=O)NCCN(C2CC2)S(C)(=O)=O)ccc1Cl. The predicted octanol–water partition coefficient (Wildman–Crippen LogP) is 1.35. The molecular weight excluding hydrogens is 348 g/mol. The number of sulfonamides is 2. The van der Waals surface area contributed by atoms with Crippen molar-refractivity contribution in [1.29, 1.82) is 0 Å². The topological polar surface area (TPSA) is 83.6 Å². The summed E-state index contributed by atoms with van der Waals surface area (Å²) in [5.41, 5.74) is 0.667. The normalized spacial score (nSPS) is 16.2. The van der Waals surface area contributed by atoms with Crippen LogP contribution < -0.4 is 4.72 Å². The highest BCUT2D eigenvalue weighted by Gasteiger charge is 2.34. The maximum atomic E-state index is 12.2. The van der Waals surface area contributed by atoms with Crippen molar-refractivity contribution in [1.82, 2.24) is 9.03 Å². The van der Waals surface area contributed by atoms with Crippen LogP contribution in [-0.4, -0.2) is 46.5 Å². The molecule has 0 amide bonds. The number of nitrogens with zero attached hydrogens (tertiary/aromatic N) is 1. The summed E-state index contributed by atoms with van der Waals surface area (Å²) in [7, 11) is -6.99. The van der Waals surface area contributed by atoms with Gasteiger partial charge in [0.05, 0.1) is 11.2 Å². The van der Waals surface area contributed by atoms with Crippen molar-refractivity contribution in [3.63, 3.8) is 0 Å². The largest absolute Gasteiger partial charge is 0.240 e. The van der Waals surface area contributed by atoms with E-state index in [2.05, 4.69) is 4.72 Å². The first kappa shape index (κ1) is 17.7. The van der Waals surface area contributed by atoms with E-state index in [0.29, 0.717) is 10.6 Å². The first-order chi connectivity index (χ1) is 10.1. The lowest BCUT2D eigenvalue weighted by Crippen LogP contribution is -2.39. The molecule has 1 aromatic rings. The molecule has 22 heavy (non-hydrogen) atoms. The fraction of sp³-hybridized carbons (Fsp3) is 0.538. The zero-order valence-corrected chi connectivity index (χ0v) is 14.8. The summed E-state index contributed by atoms with van der Waals surface area (Å²) >= 11 is 5.88. The molecule has 0 bridgehead atoms. The van der Waals surface area contributed by atoms with Crippen molar-refractivity contribution in [2.75, 3.05) is 19.3 Å². The second kappa shape index (κ2) is 6.45. The van der Waals surface area contributed by atoms with Gasteiger partial charge < -0.3 is 0 Å². The van der Waals surface area contributed by atoms with E-state index in [9.17, 15) is 16.8 Å². The van der Waals surface area contributed by atoms with Crippen LogP contribution in [-0.2, 0) is 20.0 Å². The average molecular weight is 367 g/mol. The molecule has 124 valence electrons. The Bertz CT molecular complexity index is 758. The van der Waals surface area contributed by atoms with Crippen molar-refractivity contribution in [2.45, 2.75) is 30.7 Å². The van der Waals surface area contributed by atoms with Gasteiger partial charge in [-0.1, -0.05) is 11.6 Å². The molecule has 1 aliphatic carbocycles. The quantitative estimate of drug-likeness (QED) is 0.789. The van der Waals surface area contributed by atoms with E-state index < -0.39 is 20.0 Å². The van der Waals surface area contributed by atoms with Crippen molar-refractivity contribution in [3.05, 3.63) is 28.8 Å². The highest BCUT2D eigenvalue weighted by Crippen LogP contribution is 2.28. The van der Waals surface area contributed by atoms with Gasteiger partial charge in [0.2, 0.25) is 20.0 Å². The Hall–Kier alpha value is -0.670. The monoisotopic (exact) mass is 366 g/mol. The van der Waals surface area contributed by atoms with E-state index in [1.54, 1.807) is 6.92 Å². The van der Waals surface area contributed by atoms with Crippen molar-refractivity contribution in [2.24, 2.45) is 0 Å². The third-order valence-electron chi connectivity index (χ3n) is 3.44. The highest BCUT2D eigenvalue weighted by molar-refractivity contribution is 7.89. The molecule has 0 atom stereocenters. The molecule has 0 heterocycles. The number of benzene rings is 1. The molecule has 0 spiro atoms. The van der Waals surface area contributed by atoms with Crippen molar-refractivity contribution >= 4 is 31.6 Å². The van der Waals surface area contributed by atoms with E-state index >= 15 is 0 Å². The Morgan fingerprint density at radius 3 is 2.41 bits per heavy atom. The molecule has 1 fully saturated rings. The van der Waals surface area contributed by atoms with Crippen molar-refractivity contribution < 1.29 is 16.8 Å². The Labute approximate surface area is 136 Å². The third kappa shape index (κ3) is 4.42. The minimum Gasteiger partial charge on any atom is -0.212 e. The summed E-state index contributed by atoms with van der Waals surface area (Å²) in [6.45, 7) is 1.89. The van der Waals surface area contributed by atoms with E-state index in [4.69, 9.17) is 11.6 Å². The molecule has 1 saturated carbocycles. The first-order valence-corrected chi connectivity index (χ1v) is 10.5. The van der Waals surface area contributed by atoms with E-state index in [1.165, 1.54) is 22.5 Å². The molecular formula is C13H19ClN2O4S2. The van der Waals surface area contributed by atoms with Gasteiger partial charge in [-0.25, -0.2) is 21.6 Å². The molecule has 2 rings (SSSR count). The average Bonchev–Trinajstić information content (AvgIpc) is 3.20. The maximum Gasteiger partial charge on any atom is 0.240 e. The number of halogens is 1. The van der Waals surface area contributed by atoms with Gasteiger partial charge in [-0.15, -0.1) is 0 Å². The number of nitrogens with one attached hydrogen (secondary N) is 1. The van der Waals surface area contributed by atoms with Gasteiger partial charge in [0, 0.05) is 24.2 Å².